The summed E-state index contributed by atoms with van der Waals surface area (Å²) in [6, 6.07) is 0. The third-order valence-electron chi connectivity index (χ3n) is 1.98. The van der Waals surface area contributed by atoms with Crippen LogP contribution in [-0.4, -0.2) is 11.4 Å². The molecule has 0 heterocycles. The Balaban J connectivity index is 4.17. The van der Waals surface area contributed by atoms with Crippen LogP contribution < -0.4 is 0 Å². The highest BCUT2D eigenvalue weighted by Crippen LogP contribution is 2.15. The summed E-state index contributed by atoms with van der Waals surface area (Å²) in [5.41, 5.74) is 0.856. The number of rotatable bonds is 5. The number of allylic oxidation sites excluding steroid dienone is 4. The summed E-state index contributed by atoms with van der Waals surface area (Å²) in [7, 11) is 0. The number of nitrogens with one attached hydrogen (secondary N) is 1. The molecule has 0 aromatic rings. The molecule has 1 nitrogen and oxygen atoms in total. The molecule has 14 heavy (non-hydrogen) atoms. The summed E-state index contributed by atoms with van der Waals surface area (Å²) in [6.07, 6.45) is 7.34. The van der Waals surface area contributed by atoms with Gasteiger partial charge in [0.1, 0.15) is 5.17 Å². The van der Waals surface area contributed by atoms with Crippen LogP contribution in [0.1, 0.15) is 27.2 Å². The Kier molecular flexibility index (Phi) is 7.02. The molecule has 1 atom stereocenters. The topological polar surface area (TPSA) is 23.9 Å². The fraction of sp³-hybridized carbons (Fsp3) is 0.545. The molecule has 0 fully saturated rings. The van der Waals surface area contributed by atoms with Crippen LogP contribution in [0, 0.1) is 11.3 Å². The van der Waals surface area contributed by atoms with Gasteiger partial charge in [-0.2, -0.15) is 0 Å². The molecule has 0 saturated heterocycles. The van der Waals surface area contributed by atoms with Gasteiger partial charge in [-0.1, -0.05) is 30.7 Å². The Morgan fingerprint density at radius 3 is 2.50 bits per heavy atom. The molecule has 0 aliphatic carbocycles. The van der Waals surface area contributed by atoms with E-state index in [2.05, 4.69) is 26.2 Å². The largest absolute Gasteiger partial charge is 0.289 e. The predicted molar refractivity (Wildman–Crippen MR) is 68.4 cm³/mol. The van der Waals surface area contributed by atoms with Gasteiger partial charge in [-0.3, -0.25) is 5.41 Å². The first-order chi connectivity index (χ1) is 6.47. The molecule has 0 amide bonds. The summed E-state index contributed by atoms with van der Waals surface area (Å²) in [5.74, 6) is 0.441. The van der Waals surface area contributed by atoms with Gasteiger partial charge in [0, 0.05) is 0 Å². The van der Waals surface area contributed by atoms with Gasteiger partial charge in [-0.05, 0) is 42.9 Å². The van der Waals surface area contributed by atoms with Gasteiger partial charge in [-0.25, -0.2) is 0 Å². The molecule has 0 saturated carbocycles. The molecule has 0 bridgehead atoms. The van der Waals surface area contributed by atoms with Crippen molar-refractivity contribution in [2.24, 2.45) is 5.92 Å². The summed E-state index contributed by atoms with van der Waals surface area (Å²) in [4.78, 5) is 1.34. The van der Waals surface area contributed by atoms with Gasteiger partial charge >= 0.3 is 0 Å². The fourth-order valence-electron chi connectivity index (χ4n) is 1.00. The van der Waals surface area contributed by atoms with Crippen LogP contribution in [0.5, 0.6) is 0 Å². The van der Waals surface area contributed by atoms with Crippen molar-refractivity contribution in [2.45, 2.75) is 27.2 Å². The molecule has 0 spiro atoms. The average molecular weight is 232 g/mol. The van der Waals surface area contributed by atoms with E-state index in [1.165, 1.54) is 4.91 Å². The van der Waals surface area contributed by atoms with E-state index in [4.69, 9.17) is 17.0 Å². The van der Waals surface area contributed by atoms with Gasteiger partial charge in [0.05, 0.1) is 0 Å². The van der Waals surface area contributed by atoms with E-state index in [9.17, 15) is 0 Å². The molecule has 0 aliphatic rings. The first kappa shape index (κ1) is 13.8. The zero-order valence-corrected chi connectivity index (χ0v) is 10.8. The van der Waals surface area contributed by atoms with Crippen molar-refractivity contribution in [1.29, 1.82) is 5.41 Å². The van der Waals surface area contributed by atoms with Gasteiger partial charge < -0.3 is 0 Å². The van der Waals surface area contributed by atoms with Gasteiger partial charge in [0.15, 0.2) is 0 Å². The molecular weight excluding hydrogens is 214 g/mol. The van der Waals surface area contributed by atoms with Crippen molar-refractivity contribution in [2.75, 3.05) is 6.26 Å². The Hall–Kier alpha value is -0.210. The Morgan fingerprint density at radius 2 is 2.07 bits per heavy atom. The van der Waals surface area contributed by atoms with Gasteiger partial charge in [0.2, 0.25) is 0 Å². The highest BCUT2D eigenvalue weighted by atomic mass is 35.5. The van der Waals surface area contributed by atoms with Crippen molar-refractivity contribution in [1.82, 2.24) is 0 Å². The third-order valence-corrected chi connectivity index (χ3v) is 3.09. The first-order valence-corrected chi connectivity index (χ1v) is 6.21. The average Bonchev–Trinajstić information content (AvgIpc) is 2.13. The Labute approximate surface area is 96.1 Å². The van der Waals surface area contributed by atoms with Crippen molar-refractivity contribution in [3.05, 3.63) is 22.6 Å². The molecule has 0 rings (SSSR count). The molecule has 3 heteroatoms. The maximum atomic E-state index is 7.22. The molecular formula is C11H18ClNS. The lowest BCUT2D eigenvalue weighted by Gasteiger charge is -2.04. The van der Waals surface area contributed by atoms with E-state index in [0.29, 0.717) is 5.92 Å². The van der Waals surface area contributed by atoms with E-state index in [-0.39, 0.29) is 5.17 Å². The summed E-state index contributed by atoms with van der Waals surface area (Å²) >= 11 is 7.32. The SMILES string of the molecule is CS/C(C)=C\CC(C)/C=C(/C)C(=N)Cl. The molecule has 0 radical (unpaired) electrons. The Morgan fingerprint density at radius 1 is 1.50 bits per heavy atom. The van der Waals surface area contributed by atoms with Crippen molar-refractivity contribution >= 4 is 28.5 Å². The van der Waals surface area contributed by atoms with Crippen LogP contribution in [-0.2, 0) is 0 Å². The number of thioether (sulfide) groups is 1. The first-order valence-electron chi connectivity index (χ1n) is 4.61. The lowest BCUT2D eigenvalue weighted by Crippen LogP contribution is -1.93. The van der Waals surface area contributed by atoms with Gasteiger partial charge in [0.25, 0.3) is 0 Å². The molecule has 80 valence electrons. The monoisotopic (exact) mass is 231 g/mol. The van der Waals surface area contributed by atoms with E-state index in [1.54, 1.807) is 11.8 Å². The minimum atomic E-state index is 0.141. The quantitative estimate of drug-likeness (QED) is 0.695. The second-order valence-electron chi connectivity index (χ2n) is 3.40. The minimum absolute atomic E-state index is 0.141. The lowest BCUT2D eigenvalue weighted by molar-refractivity contribution is 0.739. The van der Waals surface area contributed by atoms with Gasteiger partial charge in [-0.15, -0.1) is 11.8 Å². The summed E-state index contributed by atoms with van der Waals surface area (Å²) in [5, 5.41) is 7.37. The normalized spacial score (nSPS) is 15.5. The zero-order chi connectivity index (χ0) is 11.1. The van der Waals surface area contributed by atoms with E-state index >= 15 is 0 Å². The van der Waals surface area contributed by atoms with Crippen molar-refractivity contribution in [3.63, 3.8) is 0 Å². The number of hydrogen-bond donors (Lipinski definition) is 1. The van der Waals surface area contributed by atoms with E-state index in [1.807, 2.05) is 13.0 Å². The lowest BCUT2D eigenvalue weighted by atomic mass is 10.0. The number of halogens is 1. The highest BCUT2D eigenvalue weighted by Gasteiger charge is 1.99. The minimum Gasteiger partial charge on any atom is -0.289 e. The zero-order valence-electron chi connectivity index (χ0n) is 9.23. The summed E-state index contributed by atoms with van der Waals surface area (Å²) < 4.78 is 0. The highest BCUT2D eigenvalue weighted by molar-refractivity contribution is 8.02. The maximum absolute atomic E-state index is 7.22. The van der Waals surface area contributed by atoms with E-state index < -0.39 is 0 Å². The van der Waals surface area contributed by atoms with Crippen molar-refractivity contribution < 1.29 is 0 Å². The standard InChI is InChI=1S/C11H18ClNS/c1-8(5-6-10(3)14-4)7-9(2)11(12)13/h6-8,13H,5H2,1-4H3/b9-7-,10-6-,13-11?. The second-order valence-corrected chi connectivity index (χ2v) is 4.83. The Bertz CT molecular complexity index is 256. The second kappa shape index (κ2) is 7.13. The van der Waals surface area contributed by atoms with Crippen LogP contribution in [0.25, 0.3) is 0 Å². The molecule has 1 N–H and O–H groups in total. The maximum Gasteiger partial charge on any atom is 0.123 e. The van der Waals surface area contributed by atoms with Crippen LogP contribution in [0.4, 0.5) is 0 Å². The summed E-state index contributed by atoms with van der Waals surface area (Å²) in [6.45, 7) is 6.11. The van der Waals surface area contributed by atoms with Crippen LogP contribution >= 0.6 is 23.4 Å². The molecule has 0 aromatic carbocycles. The predicted octanol–water partition coefficient (Wildman–Crippen LogP) is 4.44. The fourth-order valence-corrected chi connectivity index (χ4v) is 1.33. The number of hydrogen-bond acceptors (Lipinski definition) is 2. The third kappa shape index (κ3) is 6.28. The molecule has 1 unspecified atom stereocenters. The molecule has 0 aliphatic heterocycles. The smallest absolute Gasteiger partial charge is 0.123 e. The van der Waals surface area contributed by atoms with Crippen LogP contribution in [0.2, 0.25) is 0 Å². The van der Waals surface area contributed by atoms with Crippen LogP contribution in [0.15, 0.2) is 22.6 Å². The molecule has 0 aromatic heterocycles. The van der Waals surface area contributed by atoms with E-state index in [0.717, 1.165) is 12.0 Å². The van der Waals surface area contributed by atoms with Crippen LogP contribution in [0.3, 0.4) is 0 Å². The van der Waals surface area contributed by atoms with Crippen molar-refractivity contribution in [3.8, 4) is 0 Å².